The van der Waals surface area contributed by atoms with E-state index in [1.165, 1.54) is 6.42 Å². The van der Waals surface area contributed by atoms with Gasteiger partial charge in [0, 0.05) is 32.0 Å². The molecule has 19 heavy (non-hydrogen) atoms. The fourth-order valence-corrected chi connectivity index (χ4v) is 2.93. The molecule has 0 radical (unpaired) electrons. The molecule has 0 saturated carbocycles. The highest BCUT2D eigenvalue weighted by Crippen LogP contribution is 2.20. The lowest BCUT2D eigenvalue weighted by Gasteiger charge is -2.17. The van der Waals surface area contributed by atoms with Crippen molar-refractivity contribution in [1.29, 1.82) is 0 Å². The highest BCUT2D eigenvalue weighted by molar-refractivity contribution is 5.85. The highest BCUT2D eigenvalue weighted by Gasteiger charge is 2.26. The smallest absolute Gasteiger partial charge is 0.222 e. The van der Waals surface area contributed by atoms with Gasteiger partial charge >= 0.3 is 0 Å². The molecule has 0 aliphatic carbocycles. The zero-order valence-electron chi connectivity index (χ0n) is 11.9. The maximum Gasteiger partial charge on any atom is 0.222 e. The summed E-state index contributed by atoms with van der Waals surface area (Å²) in [5, 5.41) is 3.35. The standard InChI is InChI=1S/C14H26N2O2.ClH/c1-2-18-11-13-6-8-16(10-13)14(17)4-3-12-5-7-15-9-12;/h12-13,15H,2-11H2,1H3;1H. The van der Waals surface area contributed by atoms with Crippen LogP contribution < -0.4 is 5.32 Å². The van der Waals surface area contributed by atoms with Crippen molar-refractivity contribution in [2.24, 2.45) is 11.8 Å². The molecule has 4 nitrogen and oxygen atoms in total. The van der Waals surface area contributed by atoms with E-state index in [1.807, 2.05) is 11.8 Å². The summed E-state index contributed by atoms with van der Waals surface area (Å²) in [7, 11) is 0. The summed E-state index contributed by atoms with van der Waals surface area (Å²) < 4.78 is 5.44. The first kappa shape index (κ1) is 16.7. The summed E-state index contributed by atoms with van der Waals surface area (Å²) in [5.41, 5.74) is 0. The molecule has 1 amide bonds. The van der Waals surface area contributed by atoms with Gasteiger partial charge in [-0.2, -0.15) is 0 Å². The van der Waals surface area contributed by atoms with Crippen molar-refractivity contribution < 1.29 is 9.53 Å². The molecule has 0 bridgehead atoms. The average Bonchev–Trinajstić information content (AvgIpc) is 3.04. The van der Waals surface area contributed by atoms with E-state index in [0.717, 1.165) is 64.6 Å². The van der Waals surface area contributed by atoms with Crippen molar-refractivity contribution in [3.8, 4) is 0 Å². The van der Waals surface area contributed by atoms with E-state index in [2.05, 4.69) is 5.32 Å². The minimum atomic E-state index is 0. The van der Waals surface area contributed by atoms with Crippen LogP contribution in [0.4, 0.5) is 0 Å². The number of hydrogen-bond acceptors (Lipinski definition) is 3. The molecule has 2 aliphatic rings. The maximum atomic E-state index is 12.1. The van der Waals surface area contributed by atoms with Crippen LogP contribution >= 0.6 is 12.4 Å². The van der Waals surface area contributed by atoms with Gasteiger partial charge in [-0.25, -0.2) is 0 Å². The molecule has 0 aromatic carbocycles. The number of amides is 1. The Morgan fingerprint density at radius 3 is 2.89 bits per heavy atom. The van der Waals surface area contributed by atoms with Gasteiger partial charge in [0.2, 0.25) is 5.91 Å². The molecule has 2 heterocycles. The Hall–Kier alpha value is -0.320. The number of ether oxygens (including phenoxy) is 1. The normalized spacial score (nSPS) is 26.5. The number of rotatable bonds is 6. The van der Waals surface area contributed by atoms with Gasteiger partial charge in [-0.3, -0.25) is 4.79 Å². The minimum absolute atomic E-state index is 0. The molecule has 2 unspecified atom stereocenters. The lowest BCUT2D eigenvalue weighted by molar-refractivity contribution is -0.130. The Kier molecular flexibility index (Phi) is 7.73. The number of halogens is 1. The molecule has 112 valence electrons. The van der Waals surface area contributed by atoms with Crippen LogP contribution in [0, 0.1) is 11.8 Å². The van der Waals surface area contributed by atoms with Crippen molar-refractivity contribution in [2.45, 2.75) is 32.6 Å². The van der Waals surface area contributed by atoms with Gasteiger partial charge in [0.25, 0.3) is 0 Å². The first-order valence-electron chi connectivity index (χ1n) is 7.35. The van der Waals surface area contributed by atoms with Crippen LogP contribution in [0.2, 0.25) is 0 Å². The number of nitrogens with one attached hydrogen (secondary N) is 1. The first-order chi connectivity index (χ1) is 8.79. The van der Waals surface area contributed by atoms with E-state index >= 15 is 0 Å². The summed E-state index contributed by atoms with van der Waals surface area (Å²) in [6, 6.07) is 0. The van der Waals surface area contributed by atoms with Crippen LogP contribution in [0.15, 0.2) is 0 Å². The molecule has 0 aromatic heterocycles. The number of carbonyl (C=O) groups excluding carboxylic acids is 1. The van der Waals surface area contributed by atoms with Gasteiger partial charge in [-0.15, -0.1) is 12.4 Å². The number of nitrogens with zero attached hydrogens (tertiary/aromatic N) is 1. The molecule has 1 N–H and O–H groups in total. The lowest BCUT2D eigenvalue weighted by Crippen LogP contribution is -2.29. The SMILES string of the molecule is CCOCC1CCN(C(=O)CCC2CCNC2)C1.Cl. The Morgan fingerprint density at radius 1 is 1.37 bits per heavy atom. The van der Waals surface area contributed by atoms with Crippen molar-refractivity contribution in [3.05, 3.63) is 0 Å². The monoisotopic (exact) mass is 290 g/mol. The van der Waals surface area contributed by atoms with Crippen molar-refractivity contribution in [3.63, 3.8) is 0 Å². The second-order valence-electron chi connectivity index (χ2n) is 5.55. The zero-order chi connectivity index (χ0) is 12.8. The molecule has 5 heteroatoms. The van der Waals surface area contributed by atoms with Crippen LogP contribution in [0.5, 0.6) is 0 Å². The van der Waals surface area contributed by atoms with Crippen LogP contribution in [-0.4, -0.2) is 50.2 Å². The predicted octanol–water partition coefficient (Wildman–Crippen LogP) is 1.68. The third kappa shape index (κ3) is 5.28. The van der Waals surface area contributed by atoms with E-state index in [4.69, 9.17) is 4.74 Å². The maximum absolute atomic E-state index is 12.1. The zero-order valence-corrected chi connectivity index (χ0v) is 12.7. The summed E-state index contributed by atoms with van der Waals surface area (Å²) in [6.45, 7) is 7.67. The van der Waals surface area contributed by atoms with Gasteiger partial charge in [0.1, 0.15) is 0 Å². The molecule has 2 rings (SSSR count). The fraction of sp³-hybridized carbons (Fsp3) is 0.929. The third-order valence-electron chi connectivity index (χ3n) is 4.13. The Bertz CT molecular complexity index is 270. The first-order valence-corrected chi connectivity index (χ1v) is 7.35. The quantitative estimate of drug-likeness (QED) is 0.809. The number of likely N-dealkylation sites (tertiary alicyclic amines) is 1. The Balaban J connectivity index is 0.00000180. The molecule has 0 aromatic rings. The minimum Gasteiger partial charge on any atom is -0.381 e. The number of hydrogen-bond donors (Lipinski definition) is 1. The van der Waals surface area contributed by atoms with Gasteiger partial charge in [0.05, 0.1) is 6.61 Å². The van der Waals surface area contributed by atoms with E-state index in [0.29, 0.717) is 11.8 Å². The third-order valence-corrected chi connectivity index (χ3v) is 4.13. The van der Waals surface area contributed by atoms with Crippen LogP contribution in [0.1, 0.15) is 32.6 Å². The molecule has 2 saturated heterocycles. The average molecular weight is 291 g/mol. The van der Waals surface area contributed by atoms with Crippen LogP contribution in [0.3, 0.4) is 0 Å². The van der Waals surface area contributed by atoms with Gasteiger partial charge < -0.3 is 15.0 Å². The van der Waals surface area contributed by atoms with E-state index < -0.39 is 0 Å². The van der Waals surface area contributed by atoms with Crippen molar-refractivity contribution >= 4 is 18.3 Å². The Morgan fingerprint density at radius 2 is 2.21 bits per heavy atom. The highest BCUT2D eigenvalue weighted by atomic mass is 35.5. The summed E-state index contributed by atoms with van der Waals surface area (Å²) in [5.74, 6) is 1.62. The molecular weight excluding hydrogens is 264 g/mol. The largest absolute Gasteiger partial charge is 0.381 e. The van der Waals surface area contributed by atoms with E-state index in [9.17, 15) is 4.79 Å². The molecule has 0 spiro atoms. The van der Waals surface area contributed by atoms with Gasteiger partial charge in [0.15, 0.2) is 0 Å². The Labute approximate surface area is 122 Å². The van der Waals surface area contributed by atoms with Crippen molar-refractivity contribution in [2.75, 3.05) is 39.4 Å². The second-order valence-corrected chi connectivity index (χ2v) is 5.55. The molecule has 2 atom stereocenters. The van der Waals surface area contributed by atoms with Crippen LogP contribution in [0.25, 0.3) is 0 Å². The van der Waals surface area contributed by atoms with Crippen LogP contribution in [-0.2, 0) is 9.53 Å². The topological polar surface area (TPSA) is 41.6 Å². The van der Waals surface area contributed by atoms with E-state index in [-0.39, 0.29) is 12.4 Å². The fourth-order valence-electron chi connectivity index (χ4n) is 2.93. The second kappa shape index (κ2) is 8.77. The molecule has 2 aliphatic heterocycles. The summed E-state index contributed by atoms with van der Waals surface area (Å²) in [4.78, 5) is 14.1. The predicted molar refractivity (Wildman–Crippen MR) is 78.6 cm³/mol. The van der Waals surface area contributed by atoms with Gasteiger partial charge in [-0.05, 0) is 45.2 Å². The van der Waals surface area contributed by atoms with Crippen molar-refractivity contribution in [1.82, 2.24) is 10.2 Å². The number of carbonyl (C=O) groups is 1. The summed E-state index contributed by atoms with van der Waals surface area (Å²) in [6.07, 6.45) is 4.13. The van der Waals surface area contributed by atoms with E-state index in [1.54, 1.807) is 0 Å². The van der Waals surface area contributed by atoms with Gasteiger partial charge in [-0.1, -0.05) is 0 Å². The molecular formula is C14H27ClN2O2. The lowest BCUT2D eigenvalue weighted by atomic mass is 10.0. The molecule has 2 fully saturated rings. The summed E-state index contributed by atoms with van der Waals surface area (Å²) >= 11 is 0.